The Morgan fingerprint density at radius 1 is 1.37 bits per heavy atom. The van der Waals surface area contributed by atoms with Crippen molar-refractivity contribution in [3.63, 3.8) is 0 Å². The molecule has 0 saturated heterocycles. The SMILES string of the molecule is CCC(N)C(Sc1ccncn1)c1cccc(F)c1. The van der Waals surface area contributed by atoms with Gasteiger partial charge in [-0.2, -0.15) is 0 Å². The third kappa shape index (κ3) is 3.75. The van der Waals surface area contributed by atoms with Crippen molar-refractivity contribution in [2.75, 3.05) is 0 Å². The number of nitrogens with zero attached hydrogens (tertiary/aromatic N) is 2. The third-order valence-corrected chi connectivity index (χ3v) is 4.20. The van der Waals surface area contributed by atoms with Crippen LogP contribution in [0.1, 0.15) is 24.2 Å². The van der Waals surface area contributed by atoms with E-state index in [0.717, 1.165) is 17.0 Å². The number of nitrogens with two attached hydrogens (primary N) is 1. The van der Waals surface area contributed by atoms with Crippen LogP contribution in [0.15, 0.2) is 47.9 Å². The number of thioether (sulfide) groups is 1. The van der Waals surface area contributed by atoms with Crippen LogP contribution in [0.25, 0.3) is 0 Å². The monoisotopic (exact) mass is 277 g/mol. The topological polar surface area (TPSA) is 51.8 Å². The molecule has 19 heavy (non-hydrogen) atoms. The van der Waals surface area contributed by atoms with Gasteiger partial charge in [0.05, 0.1) is 10.3 Å². The summed E-state index contributed by atoms with van der Waals surface area (Å²) >= 11 is 1.54. The second-order valence-electron chi connectivity index (χ2n) is 4.21. The molecule has 2 atom stereocenters. The largest absolute Gasteiger partial charge is 0.326 e. The van der Waals surface area contributed by atoms with Crippen LogP contribution in [0.2, 0.25) is 0 Å². The normalized spacial score (nSPS) is 14.1. The van der Waals surface area contributed by atoms with Gasteiger partial charge in [-0.3, -0.25) is 0 Å². The minimum absolute atomic E-state index is 0.0180. The van der Waals surface area contributed by atoms with E-state index in [2.05, 4.69) is 9.97 Å². The van der Waals surface area contributed by atoms with Crippen LogP contribution in [0, 0.1) is 5.82 Å². The molecule has 100 valence electrons. The third-order valence-electron chi connectivity index (χ3n) is 2.84. The summed E-state index contributed by atoms with van der Waals surface area (Å²) in [6.07, 6.45) is 4.01. The highest BCUT2D eigenvalue weighted by Gasteiger charge is 2.20. The molecule has 0 saturated carbocycles. The lowest BCUT2D eigenvalue weighted by atomic mass is 10.0. The number of aromatic nitrogens is 2. The van der Waals surface area contributed by atoms with Crippen molar-refractivity contribution in [3.8, 4) is 0 Å². The maximum Gasteiger partial charge on any atom is 0.123 e. The lowest BCUT2D eigenvalue weighted by Crippen LogP contribution is -2.25. The second-order valence-corrected chi connectivity index (χ2v) is 5.38. The second kappa shape index (κ2) is 6.63. The van der Waals surface area contributed by atoms with E-state index in [1.165, 1.54) is 18.5 Å². The summed E-state index contributed by atoms with van der Waals surface area (Å²) < 4.78 is 13.4. The van der Waals surface area contributed by atoms with Gasteiger partial charge in [0.1, 0.15) is 12.1 Å². The summed E-state index contributed by atoms with van der Waals surface area (Å²) in [5, 5.41) is 0.823. The molecule has 5 heteroatoms. The Morgan fingerprint density at radius 3 is 2.84 bits per heavy atom. The maximum absolute atomic E-state index is 13.4. The number of rotatable bonds is 5. The number of hydrogen-bond acceptors (Lipinski definition) is 4. The molecule has 0 radical (unpaired) electrons. The molecule has 3 nitrogen and oxygen atoms in total. The fourth-order valence-corrected chi connectivity index (χ4v) is 2.94. The van der Waals surface area contributed by atoms with Gasteiger partial charge in [-0.25, -0.2) is 14.4 Å². The molecule has 1 aromatic carbocycles. The minimum Gasteiger partial charge on any atom is -0.326 e. The molecule has 2 unspecified atom stereocenters. The van der Waals surface area contributed by atoms with Gasteiger partial charge in [0.2, 0.25) is 0 Å². The highest BCUT2D eigenvalue weighted by molar-refractivity contribution is 7.99. The molecule has 2 aromatic rings. The van der Waals surface area contributed by atoms with Gasteiger partial charge in [0.15, 0.2) is 0 Å². The Balaban J connectivity index is 2.26. The first kappa shape index (κ1) is 14.0. The van der Waals surface area contributed by atoms with Gasteiger partial charge < -0.3 is 5.73 Å². The lowest BCUT2D eigenvalue weighted by Gasteiger charge is -2.22. The van der Waals surface area contributed by atoms with Gasteiger partial charge in [0, 0.05) is 12.2 Å². The molecule has 0 aliphatic heterocycles. The number of benzene rings is 1. The van der Waals surface area contributed by atoms with Crippen LogP contribution in [-0.2, 0) is 0 Å². The molecule has 0 spiro atoms. The van der Waals surface area contributed by atoms with Crippen LogP contribution < -0.4 is 5.73 Å². The molecule has 1 heterocycles. The quantitative estimate of drug-likeness (QED) is 0.673. The first-order valence-electron chi connectivity index (χ1n) is 6.14. The molecule has 0 bridgehead atoms. The van der Waals surface area contributed by atoms with Crippen molar-refractivity contribution < 1.29 is 4.39 Å². The first-order chi connectivity index (χ1) is 9.20. The first-order valence-corrected chi connectivity index (χ1v) is 7.02. The molecule has 1 aromatic heterocycles. The Kier molecular flexibility index (Phi) is 4.87. The number of hydrogen-bond donors (Lipinski definition) is 1. The molecule has 0 amide bonds. The Labute approximate surface area is 116 Å². The summed E-state index contributed by atoms with van der Waals surface area (Å²) in [4.78, 5) is 8.07. The van der Waals surface area contributed by atoms with E-state index in [-0.39, 0.29) is 17.1 Å². The van der Waals surface area contributed by atoms with Crippen molar-refractivity contribution in [3.05, 3.63) is 54.2 Å². The van der Waals surface area contributed by atoms with E-state index in [1.54, 1.807) is 24.0 Å². The van der Waals surface area contributed by atoms with E-state index in [4.69, 9.17) is 5.73 Å². The van der Waals surface area contributed by atoms with E-state index in [9.17, 15) is 4.39 Å². The molecule has 0 aliphatic carbocycles. The van der Waals surface area contributed by atoms with Gasteiger partial charge in [-0.1, -0.05) is 30.8 Å². The summed E-state index contributed by atoms with van der Waals surface area (Å²) in [6, 6.07) is 8.36. The zero-order valence-corrected chi connectivity index (χ0v) is 11.5. The van der Waals surface area contributed by atoms with E-state index < -0.39 is 0 Å². The molecule has 0 aliphatic rings. The highest BCUT2D eigenvalue weighted by Crippen LogP contribution is 2.37. The van der Waals surface area contributed by atoms with Crippen molar-refractivity contribution >= 4 is 11.8 Å². The van der Waals surface area contributed by atoms with E-state index >= 15 is 0 Å². The summed E-state index contributed by atoms with van der Waals surface area (Å²) in [7, 11) is 0. The Morgan fingerprint density at radius 2 is 2.21 bits per heavy atom. The predicted octanol–water partition coefficient (Wildman–Crippen LogP) is 3.19. The van der Waals surface area contributed by atoms with Gasteiger partial charge in [-0.15, -0.1) is 0 Å². The summed E-state index contributed by atoms with van der Waals surface area (Å²) in [5.41, 5.74) is 7.05. The maximum atomic E-state index is 13.4. The summed E-state index contributed by atoms with van der Waals surface area (Å²) in [5.74, 6) is -0.242. The highest BCUT2D eigenvalue weighted by atomic mass is 32.2. The zero-order valence-electron chi connectivity index (χ0n) is 10.7. The van der Waals surface area contributed by atoms with Crippen molar-refractivity contribution in [1.82, 2.24) is 9.97 Å². The Bertz CT molecular complexity index is 521. The van der Waals surface area contributed by atoms with E-state index in [0.29, 0.717) is 0 Å². The smallest absolute Gasteiger partial charge is 0.123 e. The van der Waals surface area contributed by atoms with Gasteiger partial charge in [0.25, 0.3) is 0 Å². The van der Waals surface area contributed by atoms with Crippen LogP contribution in [-0.4, -0.2) is 16.0 Å². The van der Waals surface area contributed by atoms with Crippen molar-refractivity contribution in [2.45, 2.75) is 29.7 Å². The fourth-order valence-electron chi connectivity index (χ4n) is 1.78. The molecule has 0 fully saturated rings. The average Bonchev–Trinajstić information content (AvgIpc) is 2.45. The van der Waals surface area contributed by atoms with Gasteiger partial charge >= 0.3 is 0 Å². The summed E-state index contributed by atoms with van der Waals surface area (Å²) in [6.45, 7) is 2.03. The van der Waals surface area contributed by atoms with Crippen LogP contribution in [0.5, 0.6) is 0 Å². The number of halogens is 1. The van der Waals surface area contributed by atoms with Crippen LogP contribution in [0.4, 0.5) is 4.39 Å². The van der Waals surface area contributed by atoms with Crippen molar-refractivity contribution in [2.24, 2.45) is 5.73 Å². The molecular weight excluding hydrogens is 261 g/mol. The molecule has 2 N–H and O–H groups in total. The fraction of sp³-hybridized carbons (Fsp3) is 0.286. The zero-order chi connectivity index (χ0) is 13.7. The van der Waals surface area contributed by atoms with Crippen LogP contribution in [0.3, 0.4) is 0 Å². The minimum atomic E-state index is -0.242. The van der Waals surface area contributed by atoms with Gasteiger partial charge in [-0.05, 0) is 30.2 Å². The van der Waals surface area contributed by atoms with E-state index in [1.807, 2.05) is 19.1 Å². The van der Waals surface area contributed by atoms with Crippen molar-refractivity contribution in [1.29, 1.82) is 0 Å². The Hall–Kier alpha value is -1.46. The lowest BCUT2D eigenvalue weighted by molar-refractivity contribution is 0.609. The van der Waals surface area contributed by atoms with Crippen LogP contribution >= 0.6 is 11.8 Å². The predicted molar refractivity (Wildman–Crippen MR) is 75.3 cm³/mol. The average molecular weight is 277 g/mol. The standard InChI is InChI=1S/C14H16FN3S/c1-2-12(16)14(10-4-3-5-11(15)8-10)19-13-6-7-17-9-18-13/h3-9,12,14H,2,16H2,1H3. The molecule has 2 rings (SSSR count). The molecular formula is C14H16FN3S.